The molecule has 6 N–H and O–H groups in total. The van der Waals surface area contributed by atoms with E-state index in [-0.39, 0.29) is 11.7 Å². The standard InChI is InChI=1S/C28H31ClN6O5S/c29-28-33-24(31-12-10-16-6-8-18(9-7-16)17-4-2-1-3-5-17)21-25(34-28)35(15-32-21)26-23(37)22(36)20(40-26)14-41-13-11-19(30)27(38)39/h1-9,15,19-20,22-23,26,36-37H,10-14,30H2,(H,38,39)(H,31,33,34)/t19?,20-,22-,23-,26-/m1/s1. The van der Waals surface area contributed by atoms with Crippen molar-refractivity contribution in [3.63, 3.8) is 0 Å². The number of rotatable bonds is 12. The second-order valence-corrected chi connectivity index (χ2v) is 11.2. The Morgan fingerprint density at radius 3 is 2.56 bits per heavy atom. The van der Waals surface area contributed by atoms with Crippen molar-refractivity contribution in [2.24, 2.45) is 5.73 Å². The number of nitrogens with one attached hydrogen (secondary N) is 1. The summed E-state index contributed by atoms with van der Waals surface area (Å²) in [5.41, 5.74) is 9.83. The van der Waals surface area contributed by atoms with E-state index in [2.05, 4.69) is 56.7 Å². The first-order valence-corrected chi connectivity index (χ1v) is 14.7. The van der Waals surface area contributed by atoms with Crippen LogP contribution in [0.15, 0.2) is 60.9 Å². The Bertz CT molecular complexity index is 1470. The van der Waals surface area contributed by atoms with Crippen LogP contribution in [-0.2, 0) is 16.0 Å². The number of imidazole rings is 1. The van der Waals surface area contributed by atoms with Crippen molar-refractivity contribution in [1.29, 1.82) is 0 Å². The minimum Gasteiger partial charge on any atom is -0.480 e. The average Bonchev–Trinajstić information content (AvgIpc) is 3.51. The summed E-state index contributed by atoms with van der Waals surface area (Å²) in [7, 11) is 0. The van der Waals surface area contributed by atoms with Gasteiger partial charge in [0.15, 0.2) is 23.2 Å². The summed E-state index contributed by atoms with van der Waals surface area (Å²) in [6, 6.07) is 17.6. The fourth-order valence-electron chi connectivity index (χ4n) is 4.65. The van der Waals surface area contributed by atoms with Crippen molar-refractivity contribution in [2.45, 2.75) is 43.4 Å². The third-order valence-electron chi connectivity index (χ3n) is 6.95. The number of nitrogens with two attached hydrogens (primary N) is 1. The molecule has 41 heavy (non-hydrogen) atoms. The minimum atomic E-state index is -1.23. The van der Waals surface area contributed by atoms with Gasteiger partial charge < -0.3 is 31.1 Å². The van der Waals surface area contributed by atoms with Crippen molar-refractivity contribution in [3.05, 3.63) is 71.8 Å². The predicted octanol–water partition coefficient (Wildman–Crippen LogP) is 2.96. The number of aliphatic hydroxyl groups excluding tert-OH is 2. The maximum atomic E-state index is 10.9. The van der Waals surface area contributed by atoms with Gasteiger partial charge >= 0.3 is 5.97 Å². The van der Waals surface area contributed by atoms with Gasteiger partial charge in [-0.15, -0.1) is 0 Å². The average molecular weight is 599 g/mol. The normalized spacial score (nSPS) is 21.3. The first-order valence-electron chi connectivity index (χ1n) is 13.2. The number of aliphatic carboxylic acids is 1. The molecule has 4 aromatic rings. The SMILES string of the molecule is NC(CCSC[C@H]1O[C@@H](n2cnc3c(NCCc4ccc(-c5ccccc5)cc4)nc(Cl)nc32)[C@H](O)[C@@H]1O)C(=O)O. The van der Waals surface area contributed by atoms with Gasteiger partial charge in [0.2, 0.25) is 5.28 Å². The molecule has 0 radical (unpaired) electrons. The molecule has 0 amide bonds. The molecule has 1 aliphatic rings. The Morgan fingerprint density at radius 2 is 1.83 bits per heavy atom. The number of anilines is 1. The van der Waals surface area contributed by atoms with E-state index in [4.69, 9.17) is 27.2 Å². The van der Waals surface area contributed by atoms with Crippen LogP contribution in [0.25, 0.3) is 22.3 Å². The summed E-state index contributed by atoms with van der Waals surface area (Å²) in [6.07, 6.45) is -1.50. The van der Waals surface area contributed by atoms with Gasteiger partial charge in [-0.05, 0) is 46.9 Å². The number of aliphatic hydroxyl groups is 2. The monoisotopic (exact) mass is 598 g/mol. The van der Waals surface area contributed by atoms with E-state index >= 15 is 0 Å². The summed E-state index contributed by atoms with van der Waals surface area (Å²) >= 11 is 7.64. The van der Waals surface area contributed by atoms with Gasteiger partial charge in [-0.25, -0.2) is 4.98 Å². The van der Waals surface area contributed by atoms with Crippen molar-refractivity contribution >= 4 is 46.3 Å². The molecule has 2 aromatic carbocycles. The van der Waals surface area contributed by atoms with E-state index < -0.39 is 36.6 Å². The number of fused-ring (bicyclic) bond motifs is 1. The third-order valence-corrected chi connectivity index (χ3v) is 8.20. The van der Waals surface area contributed by atoms with Crippen LogP contribution in [-0.4, -0.2) is 83.2 Å². The Labute approximate surface area is 245 Å². The van der Waals surface area contributed by atoms with Gasteiger partial charge in [0.1, 0.15) is 18.2 Å². The number of carboxylic acids is 1. The fourth-order valence-corrected chi connectivity index (χ4v) is 5.91. The van der Waals surface area contributed by atoms with Crippen LogP contribution < -0.4 is 11.1 Å². The number of carboxylic acid groups (broad SMARTS) is 1. The van der Waals surface area contributed by atoms with Crippen LogP contribution in [0.2, 0.25) is 5.28 Å². The molecule has 1 aliphatic heterocycles. The van der Waals surface area contributed by atoms with Gasteiger partial charge in [0, 0.05) is 12.3 Å². The summed E-state index contributed by atoms with van der Waals surface area (Å²) < 4.78 is 7.52. The largest absolute Gasteiger partial charge is 0.480 e. The Morgan fingerprint density at radius 1 is 1.10 bits per heavy atom. The molecule has 0 saturated carbocycles. The molecule has 5 atom stereocenters. The van der Waals surface area contributed by atoms with Crippen LogP contribution in [0.3, 0.4) is 0 Å². The van der Waals surface area contributed by atoms with Crippen LogP contribution >= 0.6 is 23.4 Å². The smallest absolute Gasteiger partial charge is 0.320 e. The molecular formula is C28H31ClN6O5S. The van der Waals surface area contributed by atoms with Crippen LogP contribution in [0, 0.1) is 0 Å². The first kappa shape index (κ1) is 29.2. The van der Waals surface area contributed by atoms with E-state index in [1.807, 2.05) is 18.2 Å². The zero-order chi connectivity index (χ0) is 28.9. The number of hydrogen-bond donors (Lipinski definition) is 5. The van der Waals surface area contributed by atoms with Crippen molar-refractivity contribution in [3.8, 4) is 11.1 Å². The molecule has 11 nitrogen and oxygen atoms in total. The molecule has 1 fully saturated rings. The summed E-state index contributed by atoms with van der Waals surface area (Å²) in [5, 5.41) is 33.6. The molecule has 1 saturated heterocycles. The van der Waals surface area contributed by atoms with Gasteiger partial charge in [-0.3, -0.25) is 9.36 Å². The highest BCUT2D eigenvalue weighted by Crippen LogP contribution is 2.34. The molecular weight excluding hydrogens is 568 g/mol. The minimum absolute atomic E-state index is 0.00359. The third kappa shape index (κ3) is 6.80. The topological polar surface area (TPSA) is 169 Å². The molecule has 0 aliphatic carbocycles. The zero-order valence-electron chi connectivity index (χ0n) is 22.0. The number of aromatic nitrogens is 4. The van der Waals surface area contributed by atoms with Gasteiger partial charge in [0.25, 0.3) is 0 Å². The lowest BCUT2D eigenvalue weighted by Gasteiger charge is -2.17. The number of thioether (sulfide) groups is 1. The fraction of sp³-hybridized carbons (Fsp3) is 0.357. The first-order chi connectivity index (χ1) is 19.8. The molecule has 0 spiro atoms. The highest BCUT2D eigenvalue weighted by atomic mass is 35.5. The molecule has 0 bridgehead atoms. The van der Waals surface area contributed by atoms with E-state index in [9.17, 15) is 15.0 Å². The van der Waals surface area contributed by atoms with Crippen molar-refractivity contribution in [2.75, 3.05) is 23.4 Å². The number of halogens is 1. The van der Waals surface area contributed by atoms with E-state index in [0.717, 1.165) is 17.5 Å². The second kappa shape index (κ2) is 13.1. The lowest BCUT2D eigenvalue weighted by Crippen LogP contribution is -2.33. The number of nitrogens with zero attached hydrogens (tertiary/aromatic N) is 4. The highest BCUT2D eigenvalue weighted by molar-refractivity contribution is 7.99. The molecule has 13 heteroatoms. The van der Waals surface area contributed by atoms with Crippen LogP contribution in [0.4, 0.5) is 5.82 Å². The number of carbonyl (C=O) groups is 1. The maximum absolute atomic E-state index is 10.9. The summed E-state index contributed by atoms with van der Waals surface area (Å²) in [4.78, 5) is 23.9. The predicted molar refractivity (Wildman–Crippen MR) is 158 cm³/mol. The lowest BCUT2D eigenvalue weighted by molar-refractivity contribution is -0.138. The Kier molecular flexibility index (Phi) is 9.38. The zero-order valence-corrected chi connectivity index (χ0v) is 23.6. The number of ether oxygens (including phenoxy) is 1. The highest BCUT2D eigenvalue weighted by Gasteiger charge is 2.44. The maximum Gasteiger partial charge on any atom is 0.320 e. The quantitative estimate of drug-likeness (QED) is 0.120. The lowest BCUT2D eigenvalue weighted by atomic mass is 10.0. The van der Waals surface area contributed by atoms with Crippen LogP contribution in [0.1, 0.15) is 18.2 Å². The van der Waals surface area contributed by atoms with Crippen molar-refractivity contribution < 1.29 is 24.9 Å². The second-order valence-electron chi connectivity index (χ2n) is 9.76. The van der Waals surface area contributed by atoms with E-state index in [0.29, 0.717) is 35.0 Å². The van der Waals surface area contributed by atoms with Gasteiger partial charge in [0.05, 0.1) is 12.4 Å². The molecule has 5 rings (SSSR count). The number of hydrogen-bond acceptors (Lipinski definition) is 10. The molecule has 3 heterocycles. The Hall–Kier alpha value is -3.26. The van der Waals surface area contributed by atoms with E-state index in [1.54, 1.807) is 0 Å². The van der Waals surface area contributed by atoms with Crippen molar-refractivity contribution in [1.82, 2.24) is 19.5 Å². The van der Waals surface area contributed by atoms with E-state index in [1.165, 1.54) is 28.2 Å². The van der Waals surface area contributed by atoms with Crippen LogP contribution in [0.5, 0.6) is 0 Å². The Balaban J connectivity index is 1.22. The molecule has 2 aromatic heterocycles. The number of benzene rings is 2. The molecule has 1 unspecified atom stereocenters. The van der Waals surface area contributed by atoms with Gasteiger partial charge in [-0.2, -0.15) is 21.7 Å². The summed E-state index contributed by atoms with van der Waals surface area (Å²) in [5.74, 6) is 0.221. The summed E-state index contributed by atoms with van der Waals surface area (Å²) in [6.45, 7) is 0.575. The van der Waals surface area contributed by atoms with Gasteiger partial charge in [-0.1, -0.05) is 54.6 Å². The molecule has 216 valence electrons.